The molecule has 0 heterocycles. The molecular formula is C13H12F2N2O. The topological polar surface area (TPSA) is 59.1 Å². The van der Waals surface area contributed by atoms with Crippen LogP contribution in [0.5, 0.6) is 5.75 Å². The molecule has 18 heavy (non-hydrogen) atoms. The highest BCUT2D eigenvalue weighted by Crippen LogP contribution is 2.28. The van der Waals surface area contributed by atoms with E-state index in [0.29, 0.717) is 16.7 Å². The van der Waals surface area contributed by atoms with Gasteiger partial charge in [-0.05, 0) is 17.5 Å². The van der Waals surface area contributed by atoms with Crippen LogP contribution in [-0.4, -0.2) is 18.9 Å². The van der Waals surface area contributed by atoms with Crippen molar-refractivity contribution in [3.63, 3.8) is 0 Å². The second-order valence-corrected chi connectivity index (χ2v) is 3.77. The first-order chi connectivity index (χ1) is 8.59. The quantitative estimate of drug-likeness (QED) is 0.647. The summed E-state index contributed by atoms with van der Waals surface area (Å²) in [5, 5.41) is 8.87. The molecule has 0 saturated carbocycles. The normalized spacial score (nSPS) is 10.8. The maximum atomic E-state index is 12.1. The van der Waals surface area contributed by atoms with Crippen LogP contribution < -0.4 is 10.5 Å². The average molecular weight is 250 g/mol. The van der Waals surface area contributed by atoms with Crippen LogP contribution in [0, 0.1) is 5.41 Å². The molecule has 0 unspecified atom stereocenters. The van der Waals surface area contributed by atoms with Crippen LogP contribution in [0.4, 0.5) is 8.78 Å². The van der Waals surface area contributed by atoms with Crippen molar-refractivity contribution in [3.8, 4) is 5.75 Å². The van der Waals surface area contributed by atoms with E-state index >= 15 is 0 Å². The Morgan fingerprint density at radius 2 is 1.83 bits per heavy atom. The molecule has 0 atom stereocenters. The van der Waals surface area contributed by atoms with E-state index in [-0.39, 0.29) is 5.84 Å². The lowest BCUT2D eigenvalue weighted by Crippen LogP contribution is -2.12. The lowest BCUT2D eigenvalue weighted by molar-refractivity contribution is 0.0826. The zero-order chi connectivity index (χ0) is 13.1. The van der Waals surface area contributed by atoms with Gasteiger partial charge in [-0.3, -0.25) is 5.41 Å². The van der Waals surface area contributed by atoms with Crippen molar-refractivity contribution in [2.45, 2.75) is 6.43 Å². The van der Waals surface area contributed by atoms with Crippen LogP contribution in [-0.2, 0) is 0 Å². The molecule has 0 saturated heterocycles. The standard InChI is InChI=1S/C13H12F2N2O/c14-12(15)7-18-11-6-5-10(13(16)17)8-3-1-2-4-9(8)11/h1-6,12H,7H2,(H3,16,17). The number of halogens is 2. The predicted octanol–water partition coefficient (Wildman–Crippen LogP) is 2.77. The number of alkyl halides is 2. The highest BCUT2D eigenvalue weighted by Gasteiger charge is 2.10. The third kappa shape index (κ3) is 2.40. The molecule has 3 N–H and O–H groups in total. The minimum absolute atomic E-state index is 0.0633. The van der Waals surface area contributed by atoms with Crippen molar-refractivity contribution in [2.24, 2.45) is 5.73 Å². The van der Waals surface area contributed by atoms with Gasteiger partial charge in [-0.2, -0.15) is 0 Å². The molecule has 0 amide bonds. The molecule has 2 rings (SSSR count). The van der Waals surface area contributed by atoms with Crippen LogP contribution >= 0.6 is 0 Å². The van der Waals surface area contributed by atoms with E-state index in [0.717, 1.165) is 5.39 Å². The van der Waals surface area contributed by atoms with Crippen molar-refractivity contribution in [1.82, 2.24) is 0 Å². The molecule has 0 aliphatic heterocycles. The Hall–Kier alpha value is -2.17. The molecule has 3 nitrogen and oxygen atoms in total. The highest BCUT2D eigenvalue weighted by atomic mass is 19.3. The van der Waals surface area contributed by atoms with E-state index < -0.39 is 13.0 Å². The summed E-state index contributed by atoms with van der Waals surface area (Å²) < 4.78 is 29.4. The van der Waals surface area contributed by atoms with Crippen molar-refractivity contribution >= 4 is 16.6 Å². The van der Waals surface area contributed by atoms with Gasteiger partial charge in [-0.15, -0.1) is 0 Å². The summed E-state index contributed by atoms with van der Waals surface area (Å²) in [6, 6.07) is 10.3. The molecular weight excluding hydrogens is 238 g/mol. The number of amidine groups is 1. The van der Waals surface area contributed by atoms with E-state index in [1.165, 1.54) is 0 Å². The number of benzene rings is 2. The summed E-state index contributed by atoms with van der Waals surface area (Å²) in [6.07, 6.45) is -2.52. The average Bonchev–Trinajstić information content (AvgIpc) is 2.35. The molecule has 0 fully saturated rings. The lowest BCUT2D eigenvalue weighted by atomic mass is 10.0. The summed E-state index contributed by atoms with van der Waals surface area (Å²) in [4.78, 5) is 0. The molecule has 0 aliphatic rings. The van der Waals surface area contributed by atoms with Crippen molar-refractivity contribution in [2.75, 3.05) is 6.61 Å². The van der Waals surface area contributed by atoms with Gasteiger partial charge >= 0.3 is 0 Å². The minimum Gasteiger partial charge on any atom is -0.487 e. The van der Waals surface area contributed by atoms with Crippen LogP contribution in [0.2, 0.25) is 0 Å². The Morgan fingerprint density at radius 3 is 2.44 bits per heavy atom. The van der Waals surface area contributed by atoms with E-state index in [1.54, 1.807) is 36.4 Å². The molecule has 5 heteroatoms. The second-order valence-electron chi connectivity index (χ2n) is 3.77. The first-order valence-corrected chi connectivity index (χ1v) is 5.36. The van der Waals surface area contributed by atoms with Gasteiger partial charge < -0.3 is 10.5 Å². The summed E-state index contributed by atoms with van der Waals surface area (Å²) in [5.41, 5.74) is 6.04. The first kappa shape index (κ1) is 12.3. The van der Waals surface area contributed by atoms with Gasteiger partial charge in [0, 0.05) is 10.9 Å². The molecule has 0 aromatic heterocycles. The molecule has 0 bridgehead atoms. The zero-order valence-corrected chi connectivity index (χ0v) is 9.49. The van der Waals surface area contributed by atoms with Crippen LogP contribution in [0.25, 0.3) is 10.8 Å². The fourth-order valence-electron chi connectivity index (χ4n) is 1.78. The van der Waals surface area contributed by atoms with Gasteiger partial charge in [0.1, 0.15) is 18.2 Å². The number of nitrogens with two attached hydrogens (primary N) is 1. The Labute approximate surface area is 103 Å². The van der Waals surface area contributed by atoms with E-state index in [4.69, 9.17) is 15.9 Å². The van der Waals surface area contributed by atoms with Gasteiger partial charge in [0.2, 0.25) is 0 Å². The third-order valence-corrected chi connectivity index (χ3v) is 2.54. The number of nitrogens with one attached hydrogen (secondary N) is 1. The SMILES string of the molecule is N=C(N)c1ccc(OCC(F)F)c2ccccc12. The maximum Gasteiger partial charge on any atom is 0.272 e. The smallest absolute Gasteiger partial charge is 0.272 e. The van der Waals surface area contributed by atoms with E-state index in [1.807, 2.05) is 0 Å². The molecule has 94 valence electrons. The lowest BCUT2D eigenvalue weighted by Gasteiger charge is -2.11. The number of nitrogen functional groups attached to an aromatic ring is 1. The summed E-state index contributed by atoms with van der Waals surface area (Å²) in [6.45, 7) is -0.649. The summed E-state index contributed by atoms with van der Waals surface area (Å²) in [7, 11) is 0. The largest absolute Gasteiger partial charge is 0.487 e. The number of hydrogen-bond acceptors (Lipinski definition) is 2. The Kier molecular flexibility index (Phi) is 3.41. The summed E-state index contributed by atoms with van der Waals surface area (Å²) >= 11 is 0. The van der Waals surface area contributed by atoms with Gasteiger partial charge in [0.15, 0.2) is 0 Å². The maximum absolute atomic E-state index is 12.1. The number of ether oxygens (including phenoxy) is 1. The third-order valence-electron chi connectivity index (χ3n) is 2.54. The van der Waals surface area contributed by atoms with Gasteiger partial charge in [0.25, 0.3) is 6.43 Å². The van der Waals surface area contributed by atoms with Crippen molar-refractivity contribution < 1.29 is 13.5 Å². The molecule has 0 spiro atoms. The van der Waals surface area contributed by atoms with Crippen molar-refractivity contribution in [3.05, 3.63) is 42.0 Å². The van der Waals surface area contributed by atoms with Crippen LogP contribution in [0.15, 0.2) is 36.4 Å². The Bertz CT molecular complexity index is 584. The second kappa shape index (κ2) is 5.00. The number of hydrogen-bond donors (Lipinski definition) is 2. The molecule has 2 aromatic rings. The number of fused-ring (bicyclic) bond motifs is 1. The minimum atomic E-state index is -2.52. The van der Waals surface area contributed by atoms with Gasteiger partial charge in [-0.1, -0.05) is 24.3 Å². The first-order valence-electron chi connectivity index (χ1n) is 5.36. The monoisotopic (exact) mass is 250 g/mol. The van der Waals surface area contributed by atoms with Gasteiger partial charge in [-0.25, -0.2) is 8.78 Å². The van der Waals surface area contributed by atoms with Crippen LogP contribution in [0.3, 0.4) is 0 Å². The molecule has 2 aromatic carbocycles. The molecule has 0 radical (unpaired) electrons. The highest BCUT2D eigenvalue weighted by molar-refractivity contribution is 6.09. The van der Waals surface area contributed by atoms with Crippen molar-refractivity contribution in [1.29, 1.82) is 5.41 Å². The van der Waals surface area contributed by atoms with Gasteiger partial charge in [0.05, 0.1) is 0 Å². The predicted molar refractivity (Wildman–Crippen MR) is 66.5 cm³/mol. The Balaban J connectivity index is 2.50. The van der Waals surface area contributed by atoms with E-state index in [9.17, 15) is 8.78 Å². The Morgan fingerprint density at radius 1 is 1.17 bits per heavy atom. The summed E-state index contributed by atoms with van der Waals surface area (Å²) in [5.74, 6) is 0.308. The fraction of sp³-hybridized carbons (Fsp3) is 0.154. The van der Waals surface area contributed by atoms with Crippen LogP contribution in [0.1, 0.15) is 5.56 Å². The fourth-order valence-corrected chi connectivity index (χ4v) is 1.78. The zero-order valence-electron chi connectivity index (χ0n) is 9.49. The molecule has 0 aliphatic carbocycles. The number of rotatable bonds is 4. The van der Waals surface area contributed by atoms with E-state index in [2.05, 4.69) is 0 Å².